The molecule has 3 aliphatic rings. The SMILES string of the molecule is CCC(O)C(C)/C=C/C=C/C(O)CC1C=CC2CC(C)CC(C)C2C1(C)C(=O)N1C(=O)NC(O)(OC)C1O. The number of methoxy groups -OCH3 is 1. The molecule has 9 nitrogen and oxygen atoms in total. The maximum absolute atomic E-state index is 14.2. The van der Waals surface area contributed by atoms with Gasteiger partial charge >= 0.3 is 6.03 Å². The standard InChI is InChI=1S/C29H46N2O7/c1-7-23(33)18(3)10-8-9-11-22(32)16-21-13-12-20-15-17(2)14-19(4)24(20)28(21,5)25(34)31-26(35)29(37,38-6)30-27(31)36/h8-13,17-24,26,32-33,35,37H,7,14-16H2,1-6H3,(H,30,36)/b10-8+,11-9+. The van der Waals surface area contributed by atoms with Crippen molar-refractivity contribution in [1.29, 1.82) is 0 Å². The summed E-state index contributed by atoms with van der Waals surface area (Å²) in [6.45, 7) is 9.99. The maximum atomic E-state index is 14.2. The number of rotatable bonds is 9. The molecule has 5 N–H and O–H groups in total. The number of carbonyl (C=O) groups excluding carboxylic acids is 2. The van der Waals surface area contributed by atoms with Crippen LogP contribution in [0.2, 0.25) is 0 Å². The van der Waals surface area contributed by atoms with Crippen molar-refractivity contribution in [3.63, 3.8) is 0 Å². The first kappa shape index (κ1) is 30.5. The third kappa shape index (κ3) is 5.77. The molecule has 0 spiro atoms. The van der Waals surface area contributed by atoms with Gasteiger partial charge in [-0.1, -0.05) is 64.2 Å². The summed E-state index contributed by atoms with van der Waals surface area (Å²) in [6.07, 6.45) is 10.7. The second-order valence-corrected chi connectivity index (χ2v) is 11.8. The Morgan fingerprint density at radius 2 is 1.89 bits per heavy atom. The van der Waals surface area contributed by atoms with Gasteiger partial charge in [-0.3, -0.25) is 10.1 Å². The van der Waals surface area contributed by atoms with Crippen LogP contribution in [-0.2, 0) is 9.53 Å². The van der Waals surface area contributed by atoms with Gasteiger partial charge in [0.1, 0.15) is 0 Å². The molecule has 1 aliphatic heterocycles. The predicted molar refractivity (Wildman–Crippen MR) is 143 cm³/mol. The number of aliphatic hydroxyl groups is 4. The van der Waals surface area contributed by atoms with E-state index >= 15 is 0 Å². The van der Waals surface area contributed by atoms with Crippen LogP contribution in [0.15, 0.2) is 36.5 Å². The van der Waals surface area contributed by atoms with Crippen LogP contribution in [0.5, 0.6) is 0 Å². The van der Waals surface area contributed by atoms with Crippen LogP contribution in [0.4, 0.5) is 4.79 Å². The highest BCUT2D eigenvalue weighted by atomic mass is 16.7. The molecule has 0 radical (unpaired) electrons. The Labute approximate surface area is 226 Å². The summed E-state index contributed by atoms with van der Waals surface area (Å²) in [4.78, 5) is 27.7. The molecular formula is C29H46N2O7. The first-order valence-corrected chi connectivity index (χ1v) is 13.8. The van der Waals surface area contributed by atoms with E-state index in [1.54, 1.807) is 18.2 Å². The van der Waals surface area contributed by atoms with Gasteiger partial charge in [0, 0.05) is 13.0 Å². The summed E-state index contributed by atoms with van der Waals surface area (Å²) in [5.41, 5.74) is -1.12. The molecule has 3 rings (SSSR count). The zero-order valence-electron chi connectivity index (χ0n) is 23.4. The van der Waals surface area contributed by atoms with Gasteiger partial charge in [-0.05, 0) is 62.2 Å². The Balaban J connectivity index is 1.90. The minimum absolute atomic E-state index is 0.0140. The van der Waals surface area contributed by atoms with Crippen LogP contribution >= 0.6 is 0 Å². The van der Waals surface area contributed by atoms with E-state index in [0.29, 0.717) is 17.2 Å². The molecule has 1 heterocycles. The lowest BCUT2D eigenvalue weighted by Crippen LogP contribution is -2.59. The molecule has 38 heavy (non-hydrogen) atoms. The van der Waals surface area contributed by atoms with Crippen molar-refractivity contribution in [3.8, 4) is 0 Å². The van der Waals surface area contributed by atoms with Gasteiger partial charge in [-0.15, -0.1) is 0 Å². The topological polar surface area (TPSA) is 140 Å². The van der Waals surface area contributed by atoms with Gasteiger partial charge in [0.25, 0.3) is 5.91 Å². The number of allylic oxidation sites excluding steroid dienone is 4. The third-order valence-electron chi connectivity index (χ3n) is 9.05. The maximum Gasteiger partial charge on any atom is 0.330 e. The van der Waals surface area contributed by atoms with Crippen LogP contribution in [0.25, 0.3) is 0 Å². The molecule has 3 amide bonds. The fourth-order valence-corrected chi connectivity index (χ4v) is 6.95. The number of hydrogen-bond donors (Lipinski definition) is 5. The molecule has 1 saturated heterocycles. The molecule has 214 valence electrons. The van der Waals surface area contributed by atoms with Crippen LogP contribution in [0.3, 0.4) is 0 Å². The zero-order chi connectivity index (χ0) is 28.4. The molecule has 0 bridgehead atoms. The zero-order valence-corrected chi connectivity index (χ0v) is 23.4. The van der Waals surface area contributed by atoms with E-state index < -0.39 is 47.6 Å². The first-order valence-electron chi connectivity index (χ1n) is 13.8. The Bertz CT molecular complexity index is 951. The number of amides is 3. The number of urea groups is 1. The fourth-order valence-electron chi connectivity index (χ4n) is 6.95. The Morgan fingerprint density at radius 1 is 1.24 bits per heavy atom. The van der Waals surface area contributed by atoms with E-state index in [-0.39, 0.29) is 30.1 Å². The summed E-state index contributed by atoms with van der Waals surface area (Å²) >= 11 is 0. The van der Waals surface area contributed by atoms with Gasteiger partial charge in [-0.2, -0.15) is 0 Å². The molecule has 0 aromatic heterocycles. The van der Waals surface area contributed by atoms with Crippen molar-refractivity contribution in [2.45, 2.75) is 84.6 Å². The van der Waals surface area contributed by atoms with E-state index in [1.807, 2.05) is 32.9 Å². The monoisotopic (exact) mass is 534 g/mol. The van der Waals surface area contributed by atoms with E-state index in [9.17, 15) is 30.0 Å². The Hall–Kier alpha value is -2.04. The summed E-state index contributed by atoms with van der Waals surface area (Å²) in [7, 11) is 1.13. The smallest absolute Gasteiger partial charge is 0.330 e. The van der Waals surface area contributed by atoms with E-state index in [1.165, 1.54) is 0 Å². The largest absolute Gasteiger partial charge is 0.393 e. The van der Waals surface area contributed by atoms with Crippen molar-refractivity contribution in [3.05, 3.63) is 36.5 Å². The minimum atomic E-state index is -2.40. The summed E-state index contributed by atoms with van der Waals surface area (Å²) in [5.74, 6) is -2.79. The highest BCUT2D eigenvalue weighted by Gasteiger charge is 2.61. The van der Waals surface area contributed by atoms with Crippen molar-refractivity contribution in [2.24, 2.45) is 40.9 Å². The lowest BCUT2D eigenvalue weighted by molar-refractivity contribution is -0.260. The second kappa shape index (κ2) is 12.0. The van der Waals surface area contributed by atoms with Gasteiger partial charge in [0.2, 0.25) is 12.1 Å². The number of nitrogens with one attached hydrogen (secondary N) is 1. The number of ether oxygens (including phenoxy) is 1. The van der Waals surface area contributed by atoms with Gasteiger partial charge in [0.15, 0.2) is 0 Å². The molecule has 1 saturated carbocycles. The van der Waals surface area contributed by atoms with Gasteiger partial charge in [-0.25, -0.2) is 9.69 Å². The summed E-state index contributed by atoms with van der Waals surface area (Å²) in [5, 5.41) is 44.3. The highest BCUT2D eigenvalue weighted by molar-refractivity contribution is 5.99. The molecule has 0 aromatic carbocycles. The summed E-state index contributed by atoms with van der Waals surface area (Å²) in [6, 6.07) is -0.927. The third-order valence-corrected chi connectivity index (χ3v) is 9.05. The fraction of sp³-hybridized carbons (Fsp3) is 0.724. The number of imide groups is 1. The Kier molecular flexibility index (Phi) is 9.63. The van der Waals surface area contributed by atoms with Crippen LogP contribution < -0.4 is 5.32 Å². The molecular weight excluding hydrogens is 488 g/mol. The van der Waals surface area contributed by atoms with Crippen molar-refractivity contribution < 1.29 is 34.8 Å². The number of fused-ring (bicyclic) bond motifs is 1. The van der Waals surface area contributed by atoms with Crippen LogP contribution in [0, 0.1) is 40.9 Å². The molecule has 2 aliphatic carbocycles. The van der Waals surface area contributed by atoms with Crippen molar-refractivity contribution in [1.82, 2.24) is 10.2 Å². The lowest BCUT2D eigenvalue weighted by atomic mass is 9.51. The number of nitrogens with zero attached hydrogens (tertiary/aromatic N) is 1. The van der Waals surface area contributed by atoms with E-state index in [2.05, 4.69) is 25.2 Å². The van der Waals surface area contributed by atoms with Crippen LogP contribution in [0.1, 0.15) is 60.3 Å². The van der Waals surface area contributed by atoms with E-state index in [0.717, 1.165) is 20.0 Å². The molecule has 0 aromatic rings. The number of aliphatic hydroxyl groups excluding tert-OH is 3. The van der Waals surface area contributed by atoms with E-state index in [4.69, 9.17) is 4.74 Å². The average molecular weight is 535 g/mol. The number of carbonyl (C=O) groups is 2. The van der Waals surface area contributed by atoms with Crippen LogP contribution in [-0.4, -0.2) is 68.7 Å². The predicted octanol–water partition coefficient (Wildman–Crippen LogP) is 2.91. The normalized spacial score (nSPS) is 39.8. The van der Waals surface area contributed by atoms with Crippen molar-refractivity contribution >= 4 is 11.9 Å². The minimum Gasteiger partial charge on any atom is -0.393 e. The molecule has 2 fully saturated rings. The molecule has 11 unspecified atom stereocenters. The first-order chi connectivity index (χ1) is 17.8. The Morgan fingerprint density at radius 3 is 2.50 bits per heavy atom. The van der Waals surface area contributed by atoms with Crippen molar-refractivity contribution in [2.75, 3.05) is 7.11 Å². The molecule has 9 heteroatoms. The van der Waals surface area contributed by atoms with Gasteiger partial charge in [0.05, 0.1) is 17.6 Å². The lowest BCUT2D eigenvalue weighted by Gasteiger charge is -2.54. The average Bonchev–Trinajstić information content (AvgIpc) is 3.09. The summed E-state index contributed by atoms with van der Waals surface area (Å²) < 4.78 is 4.90. The highest BCUT2D eigenvalue weighted by Crippen LogP contribution is 2.56. The number of hydrogen-bond acceptors (Lipinski definition) is 7. The molecule has 11 atom stereocenters. The second-order valence-electron chi connectivity index (χ2n) is 11.8. The van der Waals surface area contributed by atoms with Gasteiger partial charge < -0.3 is 25.2 Å². The quantitative estimate of drug-likeness (QED) is 0.174.